The molecule has 26 heavy (non-hydrogen) atoms. The van der Waals surface area contributed by atoms with Crippen LogP contribution in [0.4, 0.5) is 0 Å². The summed E-state index contributed by atoms with van der Waals surface area (Å²) < 4.78 is 0.965. The van der Waals surface area contributed by atoms with Crippen molar-refractivity contribution in [2.75, 3.05) is 0 Å². The SMILES string of the molecule is CC(C)C1(O)CC(c2ccc(Br)cc2)(N2C=C3C=CCC(=O)C3C2=O)C1. The first-order chi connectivity index (χ1) is 12.3. The smallest absolute Gasteiger partial charge is 0.242 e. The first-order valence-electron chi connectivity index (χ1n) is 8.99. The molecule has 1 amide bonds. The zero-order chi connectivity index (χ0) is 18.7. The van der Waals surface area contributed by atoms with E-state index in [9.17, 15) is 14.7 Å². The number of amides is 1. The van der Waals surface area contributed by atoms with E-state index in [0.717, 1.165) is 15.6 Å². The highest BCUT2D eigenvalue weighted by molar-refractivity contribution is 9.10. The molecular formula is C21H22BrNO3. The first-order valence-corrected chi connectivity index (χ1v) is 9.79. The second kappa shape index (κ2) is 5.89. The van der Waals surface area contributed by atoms with E-state index in [4.69, 9.17) is 0 Å². The number of Topliss-reactive ketones (excluding diaryl/α,β-unsaturated/α-hetero) is 1. The van der Waals surface area contributed by atoms with Crippen LogP contribution in [0.2, 0.25) is 0 Å². The Morgan fingerprint density at radius 2 is 1.85 bits per heavy atom. The van der Waals surface area contributed by atoms with Crippen LogP contribution in [-0.4, -0.2) is 27.3 Å². The summed E-state index contributed by atoms with van der Waals surface area (Å²) in [5, 5.41) is 10.9. The van der Waals surface area contributed by atoms with Crippen molar-refractivity contribution < 1.29 is 14.7 Å². The number of carbonyl (C=O) groups is 2. The number of nitrogens with zero attached hydrogens (tertiary/aromatic N) is 1. The van der Waals surface area contributed by atoms with E-state index in [1.54, 1.807) is 4.90 Å². The lowest BCUT2D eigenvalue weighted by atomic mass is 9.57. The normalized spacial score (nSPS) is 33.3. The molecule has 1 atom stereocenters. The average molecular weight is 416 g/mol. The molecule has 1 unspecified atom stereocenters. The third kappa shape index (κ3) is 2.44. The Hall–Kier alpha value is -1.72. The number of fused-ring (bicyclic) bond motifs is 1. The largest absolute Gasteiger partial charge is 0.389 e. The van der Waals surface area contributed by atoms with Crippen molar-refractivity contribution in [1.29, 1.82) is 0 Å². The highest BCUT2D eigenvalue weighted by atomic mass is 79.9. The molecular weight excluding hydrogens is 394 g/mol. The molecule has 136 valence electrons. The van der Waals surface area contributed by atoms with Gasteiger partial charge in [0.1, 0.15) is 5.92 Å². The molecule has 0 bridgehead atoms. The Morgan fingerprint density at radius 3 is 2.42 bits per heavy atom. The molecule has 3 aliphatic rings. The van der Waals surface area contributed by atoms with Gasteiger partial charge in [0.15, 0.2) is 5.78 Å². The van der Waals surface area contributed by atoms with Crippen LogP contribution >= 0.6 is 15.9 Å². The fourth-order valence-corrected chi connectivity index (χ4v) is 4.70. The van der Waals surface area contributed by atoms with Crippen molar-refractivity contribution in [3.63, 3.8) is 0 Å². The standard InChI is InChI=1S/C21H22BrNO3/c1-13(2)21(26)11-20(12-21,15-6-8-16(22)9-7-15)23-10-14-4-3-5-17(24)18(14)19(23)25/h3-4,6-10,13,18,26H,5,11-12H2,1-2H3. The van der Waals surface area contributed by atoms with E-state index in [1.165, 1.54) is 0 Å². The first kappa shape index (κ1) is 17.7. The molecule has 0 radical (unpaired) electrons. The lowest BCUT2D eigenvalue weighted by Crippen LogP contribution is -2.64. The maximum atomic E-state index is 13.1. The van der Waals surface area contributed by atoms with Gasteiger partial charge in [-0.2, -0.15) is 0 Å². The van der Waals surface area contributed by atoms with E-state index in [2.05, 4.69) is 15.9 Å². The van der Waals surface area contributed by atoms with Crippen molar-refractivity contribution in [1.82, 2.24) is 4.90 Å². The number of hydrogen-bond donors (Lipinski definition) is 1. The molecule has 1 heterocycles. The fraction of sp³-hybridized carbons (Fsp3) is 0.429. The van der Waals surface area contributed by atoms with Crippen LogP contribution in [0.1, 0.15) is 38.7 Å². The Kier molecular flexibility index (Phi) is 4.01. The predicted molar refractivity (Wildman–Crippen MR) is 102 cm³/mol. The van der Waals surface area contributed by atoms with Crippen LogP contribution in [-0.2, 0) is 15.1 Å². The molecule has 1 aromatic carbocycles. The molecule has 1 aromatic rings. The maximum absolute atomic E-state index is 13.1. The van der Waals surface area contributed by atoms with E-state index in [1.807, 2.05) is 56.5 Å². The van der Waals surface area contributed by atoms with Crippen molar-refractivity contribution in [3.05, 3.63) is 58.2 Å². The molecule has 1 aliphatic heterocycles. The van der Waals surface area contributed by atoms with Gasteiger partial charge in [-0.25, -0.2) is 0 Å². The summed E-state index contributed by atoms with van der Waals surface area (Å²) in [5.74, 6) is -0.793. The van der Waals surface area contributed by atoms with Gasteiger partial charge in [-0.15, -0.1) is 0 Å². The molecule has 0 spiro atoms. The number of allylic oxidation sites excluding steroid dienone is 2. The van der Waals surface area contributed by atoms with Gasteiger partial charge < -0.3 is 10.0 Å². The zero-order valence-electron chi connectivity index (χ0n) is 14.9. The predicted octanol–water partition coefficient (Wildman–Crippen LogP) is 3.70. The van der Waals surface area contributed by atoms with Crippen molar-refractivity contribution >= 4 is 27.6 Å². The van der Waals surface area contributed by atoms with Gasteiger partial charge in [-0.1, -0.05) is 54.1 Å². The van der Waals surface area contributed by atoms with Gasteiger partial charge in [-0.3, -0.25) is 9.59 Å². The fourth-order valence-electron chi connectivity index (χ4n) is 4.44. The van der Waals surface area contributed by atoms with Crippen LogP contribution < -0.4 is 0 Å². The minimum atomic E-state index is -0.806. The molecule has 1 N–H and O–H groups in total. The summed E-state index contributed by atoms with van der Waals surface area (Å²) in [6, 6.07) is 7.90. The molecule has 0 saturated heterocycles. The van der Waals surface area contributed by atoms with Crippen LogP contribution in [0.3, 0.4) is 0 Å². The number of carbonyl (C=O) groups excluding carboxylic acids is 2. The van der Waals surface area contributed by atoms with Crippen molar-refractivity contribution in [2.24, 2.45) is 11.8 Å². The summed E-state index contributed by atoms with van der Waals surface area (Å²) in [5.41, 5.74) is 0.350. The highest BCUT2D eigenvalue weighted by Crippen LogP contribution is 2.57. The van der Waals surface area contributed by atoms with E-state index < -0.39 is 17.1 Å². The number of hydrogen-bond acceptors (Lipinski definition) is 3. The van der Waals surface area contributed by atoms with Gasteiger partial charge >= 0.3 is 0 Å². The minimum Gasteiger partial charge on any atom is -0.389 e. The number of ketones is 1. The zero-order valence-corrected chi connectivity index (χ0v) is 16.5. The molecule has 1 fully saturated rings. The van der Waals surface area contributed by atoms with Crippen molar-refractivity contribution in [3.8, 4) is 0 Å². The molecule has 5 heteroatoms. The van der Waals surface area contributed by atoms with Crippen LogP contribution in [0.15, 0.2) is 52.7 Å². The van der Waals surface area contributed by atoms with Gasteiger partial charge in [-0.05, 0) is 29.2 Å². The minimum absolute atomic E-state index is 0.0457. The summed E-state index contributed by atoms with van der Waals surface area (Å²) >= 11 is 3.46. The second-order valence-electron chi connectivity index (χ2n) is 7.99. The Balaban J connectivity index is 1.77. The summed E-state index contributed by atoms with van der Waals surface area (Å²) in [7, 11) is 0. The van der Waals surface area contributed by atoms with Crippen LogP contribution in [0.5, 0.6) is 0 Å². The van der Waals surface area contributed by atoms with Crippen molar-refractivity contribution in [2.45, 2.75) is 44.2 Å². The molecule has 4 rings (SSSR count). The van der Waals surface area contributed by atoms with Gasteiger partial charge in [0.2, 0.25) is 5.91 Å². The Bertz CT molecular complexity index is 831. The van der Waals surface area contributed by atoms with Gasteiger partial charge in [0.25, 0.3) is 0 Å². The molecule has 1 saturated carbocycles. The Morgan fingerprint density at radius 1 is 1.19 bits per heavy atom. The molecule has 4 nitrogen and oxygen atoms in total. The number of aliphatic hydroxyl groups is 1. The van der Waals surface area contributed by atoms with E-state index in [0.29, 0.717) is 19.3 Å². The average Bonchev–Trinajstić information content (AvgIpc) is 2.91. The van der Waals surface area contributed by atoms with E-state index >= 15 is 0 Å². The summed E-state index contributed by atoms with van der Waals surface area (Å²) in [6.45, 7) is 4.00. The topological polar surface area (TPSA) is 57.6 Å². The number of benzene rings is 1. The number of rotatable bonds is 3. The summed E-state index contributed by atoms with van der Waals surface area (Å²) in [4.78, 5) is 27.1. The van der Waals surface area contributed by atoms with E-state index in [-0.39, 0.29) is 17.6 Å². The lowest BCUT2D eigenvalue weighted by Gasteiger charge is -2.59. The van der Waals surface area contributed by atoms with Gasteiger partial charge in [0.05, 0.1) is 11.1 Å². The molecule has 0 aromatic heterocycles. The summed E-state index contributed by atoms with van der Waals surface area (Å²) in [6.07, 6.45) is 6.77. The molecule has 2 aliphatic carbocycles. The highest BCUT2D eigenvalue weighted by Gasteiger charge is 2.61. The number of halogens is 1. The monoisotopic (exact) mass is 415 g/mol. The third-order valence-electron chi connectivity index (χ3n) is 6.16. The van der Waals surface area contributed by atoms with Gasteiger partial charge in [0, 0.05) is 29.9 Å². The van der Waals surface area contributed by atoms with Crippen LogP contribution in [0, 0.1) is 11.8 Å². The maximum Gasteiger partial charge on any atom is 0.242 e. The lowest BCUT2D eigenvalue weighted by molar-refractivity contribution is -0.176. The second-order valence-corrected chi connectivity index (χ2v) is 8.91. The third-order valence-corrected chi connectivity index (χ3v) is 6.69. The Labute approximate surface area is 161 Å². The van der Waals surface area contributed by atoms with Crippen LogP contribution in [0.25, 0.3) is 0 Å². The quantitative estimate of drug-likeness (QED) is 0.765.